The molecule has 2 aromatic rings. The van der Waals surface area contributed by atoms with E-state index in [9.17, 15) is 9.59 Å². The first-order valence-electron chi connectivity index (χ1n) is 6.51. The first-order chi connectivity index (χ1) is 10.5. The summed E-state index contributed by atoms with van der Waals surface area (Å²) in [6, 6.07) is 14.5. The number of nitrogens with one attached hydrogen (secondary N) is 2. The van der Waals surface area contributed by atoms with Crippen molar-refractivity contribution < 1.29 is 9.59 Å². The summed E-state index contributed by atoms with van der Waals surface area (Å²) in [6.45, 7) is 1.94. The Hall–Kier alpha value is -2.47. The number of rotatable bonds is 3. The molecule has 6 heteroatoms. The van der Waals surface area contributed by atoms with Crippen LogP contribution in [0.15, 0.2) is 58.1 Å². The molecule has 22 heavy (non-hydrogen) atoms. The van der Waals surface area contributed by atoms with Crippen molar-refractivity contribution in [2.24, 2.45) is 5.10 Å². The zero-order chi connectivity index (χ0) is 15.9. The highest BCUT2D eigenvalue weighted by Gasteiger charge is 2.12. The lowest BCUT2D eigenvalue weighted by molar-refractivity contribution is -0.136. The van der Waals surface area contributed by atoms with Gasteiger partial charge in [-0.3, -0.25) is 9.59 Å². The lowest BCUT2D eigenvalue weighted by atomic mass is 10.2. The lowest BCUT2D eigenvalue weighted by Crippen LogP contribution is -2.32. The van der Waals surface area contributed by atoms with Gasteiger partial charge in [0.2, 0.25) is 0 Å². The highest BCUT2D eigenvalue weighted by molar-refractivity contribution is 9.10. The molecule has 112 valence electrons. The molecule has 0 fully saturated rings. The number of benzene rings is 2. The number of hydrazone groups is 1. The van der Waals surface area contributed by atoms with Gasteiger partial charge >= 0.3 is 11.8 Å². The molecule has 0 aliphatic carbocycles. The standard InChI is InChI=1S/C16H14BrN3O2/c1-11-2-8-14(9-3-11)19-15(21)16(22)20-18-10-12-4-6-13(17)7-5-12/h2-10H,1H3,(H,19,21)(H,20,22)/b18-10-. The third kappa shape index (κ3) is 4.82. The van der Waals surface area contributed by atoms with Gasteiger partial charge in [0.05, 0.1) is 6.21 Å². The molecule has 2 amide bonds. The maximum Gasteiger partial charge on any atom is 0.329 e. The number of halogens is 1. The van der Waals surface area contributed by atoms with E-state index < -0.39 is 11.8 Å². The molecule has 0 aromatic heterocycles. The van der Waals surface area contributed by atoms with Gasteiger partial charge in [0.25, 0.3) is 0 Å². The smallest absolute Gasteiger partial charge is 0.318 e. The van der Waals surface area contributed by atoms with Crippen molar-refractivity contribution in [3.63, 3.8) is 0 Å². The van der Waals surface area contributed by atoms with Crippen LogP contribution in [0.25, 0.3) is 0 Å². The van der Waals surface area contributed by atoms with Crippen LogP contribution >= 0.6 is 15.9 Å². The monoisotopic (exact) mass is 359 g/mol. The molecule has 0 aliphatic heterocycles. The van der Waals surface area contributed by atoms with Crippen molar-refractivity contribution >= 4 is 39.6 Å². The van der Waals surface area contributed by atoms with E-state index in [1.165, 1.54) is 6.21 Å². The largest absolute Gasteiger partial charge is 0.329 e. The number of hydrogen-bond donors (Lipinski definition) is 2. The van der Waals surface area contributed by atoms with Crippen LogP contribution < -0.4 is 10.7 Å². The van der Waals surface area contributed by atoms with Crippen LogP contribution in [0.1, 0.15) is 11.1 Å². The average Bonchev–Trinajstić information content (AvgIpc) is 2.51. The second kappa shape index (κ2) is 7.51. The van der Waals surface area contributed by atoms with E-state index in [0.29, 0.717) is 5.69 Å². The van der Waals surface area contributed by atoms with Gasteiger partial charge in [-0.25, -0.2) is 5.43 Å². The van der Waals surface area contributed by atoms with E-state index in [4.69, 9.17) is 0 Å². The predicted molar refractivity (Wildman–Crippen MR) is 89.7 cm³/mol. The zero-order valence-corrected chi connectivity index (χ0v) is 13.4. The van der Waals surface area contributed by atoms with Gasteiger partial charge in [-0.1, -0.05) is 45.8 Å². The van der Waals surface area contributed by atoms with Gasteiger partial charge in [-0.15, -0.1) is 0 Å². The Morgan fingerprint density at radius 3 is 2.27 bits per heavy atom. The van der Waals surface area contributed by atoms with E-state index >= 15 is 0 Å². The highest BCUT2D eigenvalue weighted by Crippen LogP contribution is 2.09. The average molecular weight is 360 g/mol. The topological polar surface area (TPSA) is 70.6 Å². The van der Waals surface area contributed by atoms with E-state index in [1.54, 1.807) is 12.1 Å². The summed E-state index contributed by atoms with van der Waals surface area (Å²) in [5.74, 6) is -1.59. The summed E-state index contributed by atoms with van der Waals surface area (Å²) < 4.78 is 0.950. The van der Waals surface area contributed by atoms with Crippen molar-refractivity contribution in [3.05, 3.63) is 64.1 Å². The Balaban J connectivity index is 1.87. The molecule has 0 bridgehead atoms. The van der Waals surface area contributed by atoms with E-state index in [-0.39, 0.29) is 0 Å². The Kier molecular flexibility index (Phi) is 5.43. The van der Waals surface area contributed by atoms with E-state index in [1.807, 2.05) is 43.3 Å². The van der Waals surface area contributed by atoms with Gasteiger partial charge in [-0.05, 0) is 36.8 Å². The van der Waals surface area contributed by atoms with Gasteiger partial charge < -0.3 is 5.32 Å². The number of carbonyl (C=O) groups is 2. The maximum absolute atomic E-state index is 11.7. The van der Waals surface area contributed by atoms with Crippen LogP contribution in [0.2, 0.25) is 0 Å². The molecule has 2 aromatic carbocycles. The summed E-state index contributed by atoms with van der Waals surface area (Å²) in [6.07, 6.45) is 1.46. The third-order valence-electron chi connectivity index (χ3n) is 2.77. The Bertz CT molecular complexity index is 694. The summed E-state index contributed by atoms with van der Waals surface area (Å²) in [5.41, 5.74) is 4.62. The number of amides is 2. The number of anilines is 1. The molecular weight excluding hydrogens is 346 g/mol. The van der Waals surface area contributed by atoms with Crippen LogP contribution in [0.3, 0.4) is 0 Å². The minimum Gasteiger partial charge on any atom is -0.318 e. The van der Waals surface area contributed by atoms with Crippen LogP contribution in [-0.4, -0.2) is 18.0 Å². The Labute approximate surface area is 136 Å². The maximum atomic E-state index is 11.7. The second-order valence-electron chi connectivity index (χ2n) is 4.57. The highest BCUT2D eigenvalue weighted by atomic mass is 79.9. The normalized spacial score (nSPS) is 10.5. The van der Waals surface area contributed by atoms with E-state index in [2.05, 4.69) is 31.8 Å². The Morgan fingerprint density at radius 1 is 1.00 bits per heavy atom. The molecule has 0 atom stereocenters. The van der Waals surface area contributed by atoms with Gasteiger partial charge in [-0.2, -0.15) is 5.10 Å². The fraction of sp³-hybridized carbons (Fsp3) is 0.0625. The Morgan fingerprint density at radius 2 is 1.64 bits per heavy atom. The summed E-state index contributed by atoms with van der Waals surface area (Å²) in [4.78, 5) is 23.3. The quantitative estimate of drug-likeness (QED) is 0.502. The number of hydrogen-bond acceptors (Lipinski definition) is 3. The van der Waals surface area contributed by atoms with Crippen LogP contribution in [0.5, 0.6) is 0 Å². The molecule has 0 aliphatic rings. The first kappa shape index (κ1) is 15.9. The number of nitrogens with zero attached hydrogens (tertiary/aromatic N) is 1. The molecular formula is C16H14BrN3O2. The lowest BCUT2D eigenvalue weighted by Gasteiger charge is -2.04. The fourth-order valence-electron chi connectivity index (χ4n) is 1.59. The minimum absolute atomic E-state index is 0.558. The summed E-state index contributed by atoms with van der Waals surface area (Å²) >= 11 is 3.32. The first-order valence-corrected chi connectivity index (χ1v) is 7.30. The minimum atomic E-state index is -0.825. The summed E-state index contributed by atoms with van der Waals surface area (Å²) in [5, 5.41) is 6.24. The second-order valence-corrected chi connectivity index (χ2v) is 5.49. The van der Waals surface area contributed by atoms with Gasteiger partial charge in [0.15, 0.2) is 0 Å². The van der Waals surface area contributed by atoms with Crippen molar-refractivity contribution in [1.29, 1.82) is 0 Å². The molecule has 0 saturated heterocycles. The SMILES string of the molecule is Cc1ccc(NC(=O)C(=O)N/N=C\c2ccc(Br)cc2)cc1. The van der Waals surface area contributed by atoms with Crippen LogP contribution in [0, 0.1) is 6.92 Å². The predicted octanol–water partition coefficient (Wildman–Crippen LogP) is 2.85. The van der Waals surface area contributed by atoms with Gasteiger partial charge in [0, 0.05) is 10.2 Å². The van der Waals surface area contributed by atoms with Crippen molar-refractivity contribution in [3.8, 4) is 0 Å². The molecule has 0 saturated carbocycles. The zero-order valence-electron chi connectivity index (χ0n) is 11.8. The number of carbonyl (C=O) groups excluding carboxylic acids is 2. The molecule has 2 rings (SSSR count). The molecule has 2 N–H and O–H groups in total. The van der Waals surface area contributed by atoms with Crippen molar-refractivity contribution in [2.45, 2.75) is 6.92 Å². The van der Waals surface area contributed by atoms with Gasteiger partial charge in [0.1, 0.15) is 0 Å². The molecule has 5 nitrogen and oxygen atoms in total. The molecule has 0 heterocycles. The molecule has 0 spiro atoms. The van der Waals surface area contributed by atoms with Crippen LogP contribution in [-0.2, 0) is 9.59 Å². The number of aryl methyl sites for hydroxylation is 1. The van der Waals surface area contributed by atoms with Crippen LogP contribution in [0.4, 0.5) is 5.69 Å². The molecule has 0 unspecified atom stereocenters. The fourth-order valence-corrected chi connectivity index (χ4v) is 1.85. The van der Waals surface area contributed by atoms with E-state index in [0.717, 1.165) is 15.6 Å². The van der Waals surface area contributed by atoms with Crippen molar-refractivity contribution in [2.75, 3.05) is 5.32 Å². The third-order valence-corrected chi connectivity index (χ3v) is 3.29. The molecule has 0 radical (unpaired) electrons. The van der Waals surface area contributed by atoms with Crippen molar-refractivity contribution in [1.82, 2.24) is 5.43 Å². The summed E-state index contributed by atoms with van der Waals surface area (Å²) in [7, 11) is 0.